The van der Waals surface area contributed by atoms with Crippen LogP contribution in [0.25, 0.3) is 0 Å². The van der Waals surface area contributed by atoms with E-state index in [4.69, 9.17) is 21.1 Å². The zero-order valence-corrected chi connectivity index (χ0v) is 36.9. The second kappa shape index (κ2) is 18.7. The van der Waals surface area contributed by atoms with E-state index in [1.807, 2.05) is 54.7 Å². The molecule has 3 N–H and O–H groups in total. The summed E-state index contributed by atoms with van der Waals surface area (Å²) in [5.41, 5.74) is 2.32. The van der Waals surface area contributed by atoms with Crippen molar-refractivity contribution in [2.45, 2.75) is 79.6 Å². The molecule has 314 valence electrons. The summed E-state index contributed by atoms with van der Waals surface area (Å²) in [5, 5.41) is 15.9. The number of nitrogens with zero attached hydrogens (tertiary/aromatic N) is 2. The molecule has 2 bridgehead atoms. The molecule has 2 aliphatic carbocycles. The summed E-state index contributed by atoms with van der Waals surface area (Å²) in [6.07, 6.45) is 10.5. The zero-order valence-electron chi connectivity index (χ0n) is 33.7. The van der Waals surface area contributed by atoms with E-state index in [2.05, 4.69) is 32.0 Å². The molecular formula is C43H61ClN4O6S3. The molecule has 1 spiro atoms. The van der Waals surface area contributed by atoms with Crippen molar-refractivity contribution in [2.75, 3.05) is 82.5 Å². The predicted octanol–water partition coefficient (Wildman–Crippen LogP) is 6.35. The monoisotopic (exact) mass is 860 g/mol. The Kier molecular flexibility index (Phi) is 14.2. The molecule has 6 aliphatic rings. The lowest BCUT2D eigenvalue weighted by atomic mass is 9.64. The number of thioether (sulfide) groups is 2. The van der Waals surface area contributed by atoms with Crippen LogP contribution < -0.4 is 19.7 Å². The van der Waals surface area contributed by atoms with Gasteiger partial charge in [0.1, 0.15) is 11.4 Å². The van der Waals surface area contributed by atoms with E-state index in [9.17, 15) is 18.3 Å². The molecule has 1 amide bonds. The number of anilines is 1. The number of carbonyl (C=O) groups is 1. The fourth-order valence-corrected chi connectivity index (χ4v) is 14.2. The number of carbonyl (C=O) groups excluding carboxylic acids is 1. The molecule has 10 nitrogen and oxygen atoms in total. The molecule has 57 heavy (non-hydrogen) atoms. The Morgan fingerprint density at radius 2 is 1.86 bits per heavy atom. The lowest BCUT2D eigenvalue weighted by Gasteiger charge is -2.51. The summed E-state index contributed by atoms with van der Waals surface area (Å²) >= 11 is 10.2. The highest BCUT2D eigenvalue weighted by Gasteiger charge is 2.52. The maximum absolute atomic E-state index is 13.5. The summed E-state index contributed by atoms with van der Waals surface area (Å²) in [4.78, 5) is 18.3. The molecule has 4 heterocycles. The van der Waals surface area contributed by atoms with Crippen molar-refractivity contribution in [1.82, 2.24) is 14.9 Å². The normalized spacial score (nSPS) is 32.6. The molecule has 0 unspecified atom stereocenters. The van der Waals surface area contributed by atoms with E-state index in [0.717, 1.165) is 87.0 Å². The van der Waals surface area contributed by atoms with Crippen LogP contribution in [0.5, 0.6) is 5.75 Å². The van der Waals surface area contributed by atoms with Gasteiger partial charge < -0.3 is 24.8 Å². The molecule has 4 aliphatic heterocycles. The molecule has 2 aromatic rings. The largest absolute Gasteiger partial charge is 0.490 e. The fourth-order valence-electron chi connectivity index (χ4n) is 9.47. The lowest BCUT2D eigenvalue weighted by molar-refractivity contribution is -0.0333. The van der Waals surface area contributed by atoms with E-state index < -0.39 is 26.8 Å². The number of piperazine rings is 1. The van der Waals surface area contributed by atoms with Gasteiger partial charge in [0, 0.05) is 68.9 Å². The first-order valence-corrected chi connectivity index (χ1v) is 24.9. The Morgan fingerprint density at radius 1 is 1.07 bits per heavy atom. The average molecular weight is 862 g/mol. The van der Waals surface area contributed by atoms with Gasteiger partial charge in [-0.15, -0.1) is 23.5 Å². The number of hydrogen-bond donors (Lipinski definition) is 3. The highest BCUT2D eigenvalue weighted by atomic mass is 35.5. The highest BCUT2D eigenvalue weighted by Crippen LogP contribution is 2.53. The molecule has 6 atom stereocenters. The van der Waals surface area contributed by atoms with E-state index in [-0.39, 0.29) is 33.3 Å². The zero-order chi connectivity index (χ0) is 40.2. The molecular weight excluding hydrogens is 800 g/mol. The van der Waals surface area contributed by atoms with Crippen LogP contribution in [-0.2, 0) is 26.6 Å². The summed E-state index contributed by atoms with van der Waals surface area (Å²) in [6, 6.07) is 11.5. The van der Waals surface area contributed by atoms with E-state index in [1.165, 1.54) is 24.2 Å². The Bertz CT molecular complexity index is 1860. The smallest absolute Gasteiger partial charge is 0.264 e. The number of sulfonamides is 1. The SMILES string of the molecule is COCCN1CCNCC1.C[C@@H]1[C@@H](C)C/C=C/[C@](O)(C2SCCCS2)[C@@H]2CC[C@H]2CN2C[C@@]3(CCCc4cc(Cl)ccc43)COc3ccc(cc32)C(=O)NS1(=O)=O. The minimum absolute atomic E-state index is 0.0302. The van der Waals surface area contributed by atoms with Crippen LogP contribution in [0.1, 0.15) is 73.9 Å². The van der Waals surface area contributed by atoms with Crippen molar-refractivity contribution in [3.63, 3.8) is 0 Å². The average Bonchev–Trinajstić information content (AvgIpc) is 3.35. The molecule has 1 saturated carbocycles. The third-order valence-corrected chi connectivity index (χ3v) is 18.6. The maximum Gasteiger partial charge on any atom is 0.264 e. The van der Waals surface area contributed by atoms with Crippen LogP contribution in [0, 0.1) is 17.8 Å². The number of amides is 1. The second-order valence-corrected chi connectivity index (χ2v) is 22.1. The van der Waals surface area contributed by atoms with Gasteiger partial charge in [0.2, 0.25) is 10.0 Å². The van der Waals surface area contributed by atoms with Gasteiger partial charge in [-0.25, -0.2) is 13.1 Å². The first-order chi connectivity index (χ1) is 27.4. The molecule has 0 aromatic heterocycles. The van der Waals surface area contributed by atoms with Crippen molar-refractivity contribution in [3.05, 3.63) is 70.3 Å². The van der Waals surface area contributed by atoms with Crippen LogP contribution >= 0.6 is 35.1 Å². The Hall–Kier alpha value is -1.97. The quantitative estimate of drug-likeness (QED) is 0.299. The molecule has 8 rings (SSSR count). The summed E-state index contributed by atoms with van der Waals surface area (Å²) < 4.78 is 40.9. The molecule has 0 radical (unpaired) electrons. The van der Waals surface area contributed by atoms with Gasteiger partial charge in [-0.05, 0) is 123 Å². The van der Waals surface area contributed by atoms with Gasteiger partial charge in [-0.2, -0.15) is 0 Å². The molecule has 14 heteroatoms. The van der Waals surface area contributed by atoms with Crippen LogP contribution in [0.4, 0.5) is 5.69 Å². The third-order valence-electron chi connectivity index (χ3n) is 13.2. The number of rotatable bonds is 4. The van der Waals surface area contributed by atoms with E-state index in [0.29, 0.717) is 31.9 Å². The van der Waals surface area contributed by atoms with Crippen LogP contribution in [0.2, 0.25) is 5.02 Å². The molecule has 3 fully saturated rings. The predicted molar refractivity (Wildman–Crippen MR) is 235 cm³/mol. The highest BCUT2D eigenvalue weighted by molar-refractivity contribution is 8.17. The number of aryl methyl sites for hydroxylation is 1. The lowest BCUT2D eigenvalue weighted by Crippen LogP contribution is -2.55. The van der Waals surface area contributed by atoms with E-state index in [1.54, 1.807) is 26.2 Å². The Labute approximate surface area is 353 Å². The first kappa shape index (κ1) is 43.1. The van der Waals surface area contributed by atoms with E-state index >= 15 is 0 Å². The van der Waals surface area contributed by atoms with Crippen molar-refractivity contribution in [1.29, 1.82) is 0 Å². The van der Waals surface area contributed by atoms with Crippen molar-refractivity contribution in [2.24, 2.45) is 17.8 Å². The van der Waals surface area contributed by atoms with Crippen LogP contribution in [0.3, 0.4) is 0 Å². The fraction of sp³-hybridized carbons (Fsp3) is 0.651. The number of nitrogens with one attached hydrogen (secondary N) is 2. The minimum atomic E-state index is -3.95. The summed E-state index contributed by atoms with van der Waals surface area (Å²) in [6.45, 7) is 12.0. The topological polar surface area (TPSA) is 120 Å². The van der Waals surface area contributed by atoms with Gasteiger partial charge in [0.15, 0.2) is 0 Å². The van der Waals surface area contributed by atoms with Gasteiger partial charge in [0.25, 0.3) is 5.91 Å². The number of fused-ring (bicyclic) bond motifs is 4. The van der Waals surface area contributed by atoms with Crippen molar-refractivity contribution < 1.29 is 27.8 Å². The van der Waals surface area contributed by atoms with Gasteiger partial charge >= 0.3 is 0 Å². The van der Waals surface area contributed by atoms with Gasteiger partial charge in [-0.1, -0.05) is 36.7 Å². The van der Waals surface area contributed by atoms with Crippen molar-refractivity contribution in [3.8, 4) is 5.75 Å². The number of benzene rings is 2. The number of allylic oxidation sites excluding steroid dienone is 1. The number of methoxy groups -OCH3 is 1. The maximum atomic E-state index is 13.5. The number of ether oxygens (including phenoxy) is 2. The van der Waals surface area contributed by atoms with Gasteiger partial charge in [0.05, 0.1) is 28.7 Å². The second-order valence-electron chi connectivity index (χ2n) is 16.9. The van der Waals surface area contributed by atoms with Crippen LogP contribution in [0.15, 0.2) is 48.6 Å². The van der Waals surface area contributed by atoms with Gasteiger partial charge in [-0.3, -0.25) is 9.69 Å². The van der Waals surface area contributed by atoms with Crippen LogP contribution in [-0.4, -0.2) is 117 Å². The Morgan fingerprint density at radius 3 is 2.60 bits per heavy atom. The number of hydrogen-bond acceptors (Lipinski definition) is 11. The Balaban J connectivity index is 0.000000434. The van der Waals surface area contributed by atoms with Crippen molar-refractivity contribution >= 4 is 56.7 Å². The summed E-state index contributed by atoms with van der Waals surface area (Å²) in [7, 11) is -2.20. The molecule has 2 saturated heterocycles. The minimum Gasteiger partial charge on any atom is -0.490 e. The number of aliphatic hydroxyl groups is 1. The standard InChI is InChI=1S/C36H45ClN2O5S3.C7H16N2O/c1-23-6-3-15-36(41,34-45-16-5-17-46-34)30-11-8-27(30)20-39-21-35(14-4-7-25-18-28(37)10-12-29(25)35)22-44-32-13-9-26(19-31(32)39)33(40)38-47(42,43)24(23)2;1-10-7-6-9-4-2-8-3-5-9/h3,9-10,12-13,15,18-19,23-24,27,30,34,41H,4-8,11,14,16-17,20-22H2,1-2H3,(H,38,40);8H,2-7H2,1H3/b15-3+;/t23-,24+,27-,30+,35-,36+;/m0./s1. The summed E-state index contributed by atoms with van der Waals surface area (Å²) in [5.74, 6) is 2.18. The molecule has 2 aromatic carbocycles. The third kappa shape index (κ3) is 9.66. The number of halogens is 1. The first-order valence-electron chi connectivity index (χ1n) is 20.8.